The number of hydrogen-bond acceptors (Lipinski definition) is 4. The molecular weight excluding hydrogens is 227 g/mol. The van der Waals surface area contributed by atoms with Crippen LogP contribution in [0.5, 0.6) is 0 Å². The van der Waals surface area contributed by atoms with Gasteiger partial charge in [-0.15, -0.1) is 0 Å². The van der Waals surface area contributed by atoms with Crippen molar-refractivity contribution in [3.63, 3.8) is 0 Å². The number of unbranched alkanes of at least 4 members (excludes halogenated alkanes) is 5. The summed E-state index contributed by atoms with van der Waals surface area (Å²) in [5, 5.41) is 0. The molecule has 4 N–H and O–H groups in total. The maximum absolute atomic E-state index is 11.4. The fourth-order valence-corrected chi connectivity index (χ4v) is 2.11. The third kappa shape index (κ3) is 10.6. The van der Waals surface area contributed by atoms with Crippen molar-refractivity contribution in [3.8, 4) is 0 Å². The maximum Gasteiger partial charge on any atom is 0.402 e. The molecule has 0 aliphatic heterocycles. The smallest absolute Gasteiger partial charge is 0.328 e. The van der Waals surface area contributed by atoms with E-state index in [1.807, 2.05) is 0 Å². The van der Waals surface area contributed by atoms with E-state index in [-0.39, 0.29) is 6.61 Å². The first kappa shape index (κ1) is 16.1. The van der Waals surface area contributed by atoms with E-state index in [0.29, 0.717) is 13.2 Å². The van der Waals surface area contributed by atoms with Gasteiger partial charge in [-0.3, -0.25) is 9.05 Å². The van der Waals surface area contributed by atoms with Crippen molar-refractivity contribution in [3.05, 3.63) is 0 Å². The van der Waals surface area contributed by atoms with Crippen LogP contribution in [0.2, 0.25) is 0 Å². The van der Waals surface area contributed by atoms with Crippen molar-refractivity contribution >= 4 is 7.75 Å². The second kappa shape index (κ2) is 10.2. The Bertz CT molecular complexity index is 203. The monoisotopic (exact) mass is 252 g/mol. The fourth-order valence-electron chi connectivity index (χ4n) is 1.29. The highest BCUT2D eigenvalue weighted by Crippen LogP contribution is 2.38. The summed E-state index contributed by atoms with van der Waals surface area (Å²) in [5.41, 5.74) is 10.5. The number of nitrogens with two attached hydrogens (primary N) is 2. The Morgan fingerprint density at radius 2 is 1.56 bits per heavy atom. The van der Waals surface area contributed by atoms with Gasteiger partial charge in [-0.25, -0.2) is 10.1 Å². The molecule has 0 heterocycles. The predicted molar refractivity (Wildman–Crippen MR) is 66.1 cm³/mol. The maximum atomic E-state index is 11.4. The van der Waals surface area contributed by atoms with Crippen molar-refractivity contribution < 1.29 is 13.6 Å². The summed E-state index contributed by atoms with van der Waals surface area (Å²) < 4.78 is 21.2. The van der Waals surface area contributed by atoms with Crippen LogP contribution in [-0.4, -0.2) is 19.8 Å². The van der Waals surface area contributed by atoms with E-state index in [9.17, 15) is 4.57 Å². The van der Waals surface area contributed by atoms with Gasteiger partial charge in [-0.2, -0.15) is 0 Å². The molecular formula is C10H25N2O3P. The quantitative estimate of drug-likeness (QED) is 0.435. The van der Waals surface area contributed by atoms with Crippen LogP contribution < -0.4 is 11.2 Å². The topological polar surface area (TPSA) is 87.6 Å². The lowest BCUT2D eigenvalue weighted by Crippen LogP contribution is -2.12. The molecule has 0 aromatic heterocycles. The zero-order valence-electron chi connectivity index (χ0n) is 10.2. The molecule has 0 saturated heterocycles. The first-order valence-electron chi connectivity index (χ1n) is 6.00. The van der Waals surface area contributed by atoms with Crippen LogP contribution in [0.4, 0.5) is 0 Å². The molecule has 16 heavy (non-hydrogen) atoms. The van der Waals surface area contributed by atoms with Gasteiger partial charge < -0.3 is 5.73 Å². The van der Waals surface area contributed by atoms with Crippen molar-refractivity contribution in [2.24, 2.45) is 11.2 Å². The minimum Gasteiger partial charge on any atom is -0.328 e. The molecule has 0 bridgehead atoms. The van der Waals surface area contributed by atoms with E-state index in [1.165, 1.54) is 25.7 Å². The van der Waals surface area contributed by atoms with E-state index in [4.69, 9.17) is 20.3 Å². The molecule has 0 spiro atoms. The molecule has 0 saturated carbocycles. The Labute approximate surface area is 98.4 Å². The van der Waals surface area contributed by atoms with E-state index < -0.39 is 7.75 Å². The third-order valence-corrected chi connectivity index (χ3v) is 3.24. The van der Waals surface area contributed by atoms with Crippen LogP contribution in [0.1, 0.15) is 45.4 Å². The van der Waals surface area contributed by atoms with Gasteiger partial charge in [0.25, 0.3) is 0 Å². The average molecular weight is 252 g/mol. The van der Waals surface area contributed by atoms with Crippen LogP contribution in [0.15, 0.2) is 0 Å². The summed E-state index contributed by atoms with van der Waals surface area (Å²) in [4.78, 5) is 0. The molecule has 0 amide bonds. The Hall–Kier alpha value is 0.0700. The highest BCUT2D eigenvalue weighted by Gasteiger charge is 2.16. The summed E-state index contributed by atoms with van der Waals surface area (Å²) in [6, 6.07) is 0. The third-order valence-electron chi connectivity index (χ3n) is 2.16. The Morgan fingerprint density at radius 3 is 2.19 bits per heavy atom. The molecule has 0 aromatic rings. The van der Waals surface area contributed by atoms with Crippen LogP contribution in [-0.2, 0) is 13.6 Å². The summed E-state index contributed by atoms with van der Waals surface area (Å²) in [7, 11) is -3.35. The average Bonchev–Trinajstić information content (AvgIpc) is 2.25. The zero-order valence-corrected chi connectivity index (χ0v) is 11.1. The van der Waals surface area contributed by atoms with Crippen molar-refractivity contribution in [2.45, 2.75) is 45.4 Å². The Kier molecular flexibility index (Phi) is 10.3. The first-order valence-corrected chi connectivity index (χ1v) is 7.61. The molecule has 98 valence electrons. The Balaban J connectivity index is 3.32. The van der Waals surface area contributed by atoms with Gasteiger partial charge in [0.2, 0.25) is 0 Å². The van der Waals surface area contributed by atoms with Gasteiger partial charge in [0.15, 0.2) is 0 Å². The van der Waals surface area contributed by atoms with Crippen LogP contribution in [0, 0.1) is 0 Å². The summed E-state index contributed by atoms with van der Waals surface area (Å²) in [6.07, 6.45) is 6.90. The molecule has 1 atom stereocenters. The van der Waals surface area contributed by atoms with Gasteiger partial charge >= 0.3 is 7.75 Å². The molecule has 0 radical (unpaired) electrons. The minimum atomic E-state index is -3.35. The standard InChI is InChI=1S/C10H25N2O3P/c1-2-3-4-5-6-7-9-14-16(12,13)15-10-8-11/h2-11H2,1H3,(H2,12,13). The van der Waals surface area contributed by atoms with Gasteiger partial charge in [0.05, 0.1) is 13.2 Å². The van der Waals surface area contributed by atoms with Crippen molar-refractivity contribution in [2.75, 3.05) is 19.8 Å². The van der Waals surface area contributed by atoms with E-state index >= 15 is 0 Å². The fraction of sp³-hybridized carbons (Fsp3) is 1.00. The lowest BCUT2D eigenvalue weighted by molar-refractivity contribution is 0.205. The number of hydrogen-bond donors (Lipinski definition) is 2. The van der Waals surface area contributed by atoms with Crippen molar-refractivity contribution in [1.82, 2.24) is 0 Å². The number of rotatable bonds is 11. The highest BCUT2D eigenvalue weighted by molar-refractivity contribution is 7.51. The normalized spacial score (nSPS) is 14.9. The molecule has 0 aromatic carbocycles. The van der Waals surface area contributed by atoms with Gasteiger partial charge in [0.1, 0.15) is 0 Å². The molecule has 0 fully saturated rings. The van der Waals surface area contributed by atoms with Crippen LogP contribution in [0.25, 0.3) is 0 Å². The van der Waals surface area contributed by atoms with Gasteiger partial charge in [0, 0.05) is 6.54 Å². The lowest BCUT2D eigenvalue weighted by atomic mass is 10.1. The van der Waals surface area contributed by atoms with Crippen LogP contribution >= 0.6 is 7.75 Å². The molecule has 1 unspecified atom stereocenters. The summed E-state index contributed by atoms with van der Waals surface area (Å²) in [5.74, 6) is 0. The second-order valence-corrected chi connectivity index (χ2v) is 5.36. The van der Waals surface area contributed by atoms with Crippen LogP contribution in [0.3, 0.4) is 0 Å². The molecule has 6 heteroatoms. The zero-order chi connectivity index (χ0) is 12.3. The Morgan fingerprint density at radius 1 is 1.00 bits per heavy atom. The predicted octanol–water partition coefficient (Wildman–Crippen LogP) is 2.41. The second-order valence-electron chi connectivity index (χ2n) is 3.76. The molecule has 0 aliphatic rings. The van der Waals surface area contributed by atoms with E-state index in [1.54, 1.807) is 0 Å². The molecule has 0 rings (SSSR count). The van der Waals surface area contributed by atoms with Crippen molar-refractivity contribution in [1.29, 1.82) is 0 Å². The molecule has 5 nitrogen and oxygen atoms in total. The summed E-state index contributed by atoms with van der Waals surface area (Å²) >= 11 is 0. The molecule has 0 aliphatic carbocycles. The minimum absolute atomic E-state index is 0.171. The lowest BCUT2D eigenvalue weighted by Gasteiger charge is -2.12. The highest BCUT2D eigenvalue weighted by atomic mass is 31.2. The summed E-state index contributed by atoms with van der Waals surface area (Å²) in [6.45, 7) is 3.04. The van der Waals surface area contributed by atoms with E-state index in [0.717, 1.165) is 12.8 Å². The van der Waals surface area contributed by atoms with Gasteiger partial charge in [-0.05, 0) is 6.42 Å². The largest absolute Gasteiger partial charge is 0.402 e. The van der Waals surface area contributed by atoms with Gasteiger partial charge in [-0.1, -0.05) is 39.0 Å². The van der Waals surface area contributed by atoms with E-state index in [2.05, 4.69) is 6.92 Å². The SMILES string of the molecule is CCCCCCCCOP(N)(=O)OCCN. The first-order chi connectivity index (χ1) is 7.62.